The van der Waals surface area contributed by atoms with E-state index >= 15 is 0 Å². The molecule has 0 atom stereocenters. The van der Waals surface area contributed by atoms with Crippen LogP contribution in [0.25, 0.3) is 0 Å². The van der Waals surface area contributed by atoms with Gasteiger partial charge in [-0.3, -0.25) is 5.32 Å². The lowest BCUT2D eigenvalue weighted by molar-refractivity contribution is 0.871. The largest absolute Gasteiger partial charge is 0.372 e. The number of hydrogen-bond donors (Lipinski definition) is 2. The molecule has 0 saturated heterocycles. The van der Waals surface area contributed by atoms with Crippen molar-refractivity contribution in [2.75, 3.05) is 7.05 Å². The average molecular weight is 147 g/mol. The summed E-state index contributed by atoms with van der Waals surface area (Å²) in [4.78, 5) is 0. The predicted molar refractivity (Wildman–Crippen MR) is 36.1 cm³/mol. The van der Waals surface area contributed by atoms with Crippen LogP contribution in [0.15, 0.2) is 11.4 Å². The number of nitrogens with one attached hydrogen (secondary N) is 2. The van der Waals surface area contributed by atoms with E-state index in [-0.39, 0.29) is 11.4 Å². The van der Waals surface area contributed by atoms with Gasteiger partial charge >= 0.3 is 0 Å². The Morgan fingerprint density at radius 3 is 2.00 bits per heavy atom. The van der Waals surface area contributed by atoms with Crippen molar-refractivity contribution in [3.63, 3.8) is 0 Å². The minimum atomic E-state index is -0.144. The summed E-state index contributed by atoms with van der Waals surface area (Å²) < 4.78 is 0. The second-order valence-electron chi connectivity index (χ2n) is 1.46. The van der Waals surface area contributed by atoms with Crippen LogP contribution in [0.2, 0.25) is 0 Å². The number of allylic oxidation sites excluding steroid dienone is 1. The van der Waals surface area contributed by atoms with Gasteiger partial charge in [0.2, 0.25) is 0 Å². The summed E-state index contributed by atoms with van der Waals surface area (Å²) >= 11 is 0. The molecule has 0 aliphatic heterocycles. The van der Waals surface area contributed by atoms with Crippen molar-refractivity contribution in [3.05, 3.63) is 11.4 Å². The highest BCUT2D eigenvalue weighted by Crippen LogP contribution is 1.92. The molecule has 0 saturated carbocycles. The van der Waals surface area contributed by atoms with Gasteiger partial charge in [-0.15, -0.1) is 0 Å². The Labute approximate surface area is 64.2 Å². The van der Waals surface area contributed by atoms with Crippen LogP contribution in [0.4, 0.5) is 0 Å². The van der Waals surface area contributed by atoms with Gasteiger partial charge in [-0.1, -0.05) is 0 Å². The third-order valence-corrected chi connectivity index (χ3v) is 0.905. The zero-order valence-electron chi connectivity index (χ0n) is 5.84. The maximum Gasteiger partial charge on any atom is 0.182 e. The molecule has 0 fully saturated rings. The highest BCUT2D eigenvalue weighted by molar-refractivity contribution is 5.39. The van der Waals surface area contributed by atoms with Crippen molar-refractivity contribution in [3.8, 4) is 18.3 Å². The second kappa shape index (κ2) is 4.67. The molecule has 0 aromatic heterocycles. The first kappa shape index (κ1) is 8.81. The van der Waals surface area contributed by atoms with Crippen LogP contribution < -0.4 is 10.6 Å². The summed E-state index contributed by atoms with van der Waals surface area (Å²) in [6.07, 6.45) is 1.60. The van der Waals surface area contributed by atoms with Crippen LogP contribution in [0.3, 0.4) is 0 Å². The molecule has 5 heteroatoms. The maximum absolute atomic E-state index is 8.33. The van der Waals surface area contributed by atoms with Crippen LogP contribution >= 0.6 is 0 Å². The van der Waals surface area contributed by atoms with Gasteiger partial charge in [-0.2, -0.15) is 15.8 Å². The third kappa shape index (κ3) is 2.26. The average Bonchev–Trinajstić information content (AvgIpc) is 2.05. The molecule has 11 heavy (non-hydrogen) atoms. The monoisotopic (exact) mass is 147 g/mol. The van der Waals surface area contributed by atoms with Crippen LogP contribution in [-0.2, 0) is 0 Å². The molecule has 0 heterocycles. The molecule has 0 amide bonds. The number of nitrogens with zero attached hydrogens (tertiary/aromatic N) is 3. The Balaban J connectivity index is 4.73. The molecule has 2 N–H and O–H groups in total. The van der Waals surface area contributed by atoms with E-state index in [0.717, 1.165) is 0 Å². The van der Waals surface area contributed by atoms with Crippen LogP contribution in [0, 0.1) is 34.1 Å². The smallest absolute Gasteiger partial charge is 0.182 e. The minimum Gasteiger partial charge on any atom is -0.372 e. The molecule has 0 radical (unpaired) electrons. The summed E-state index contributed by atoms with van der Waals surface area (Å²) in [5.41, 5.74) is -0.144. The first-order chi connectivity index (χ1) is 5.29. The lowest BCUT2D eigenvalue weighted by atomic mass is 10.3. The Hall–Kier alpha value is -2.19. The van der Waals surface area contributed by atoms with E-state index in [1.54, 1.807) is 18.3 Å². The standard InChI is InChI=1S/C6H5N5/c1-10-6(11-4-9)5(2-7)3-8/h10-11H,1H3. The Morgan fingerprint density at radius 1 is 1.18 bits per heavy atom. The van der Waals surface area contributed by atoms with Gasteiger partial charge in [0.05, 0.1) is 0 Å². The van der Waals surface area contributed by atoms with E-state index in [1.165, 1.54) is 7.05 Å². The molecule has 0 aliphatic rings. The highest BCUT2D eigenvalue weighted by Gasteiger charge is 2.01. The zero-order valence-corrected chi connectivity index (χ0v) is 5.84. The van der Waals surface area contributed by atoms with E-state index in [0.29, 0.717) is 0 Å². The SMILES string of the molecule is CNC(NC#N)=C(C#N)C#N. The number of nitriles is 3. The van der Waals surface area contributed by atoms with Crippen molar-refractivity contribution in [1.82, 2.24) is 10.6 Å². The molecule has 5 nitrogen and oxygen atoms in total. The van der Waals surface area contributed by atoms with E-state index in [1.807, 2.05) is 0 Å². The van der Waals surface area contributed by atoms with E-state index in [9.17, 15) is 0 Å². The molecule has 0 spiro atoms. The molecule has 0 unspecified atom stereocenters. The summed E-state index contributed by atoms with van der Waals surface area (Å²) in [7, 11) is 1.51. The highest BCUT2D eigenvalue weighted by atomic mass is 15.1. The third-order valence-electron chi connectivity index (χ3n) is 0.905. The van der Waals surface area contributed by atoms with Gasteiger partial charge in [0, 0.05) is 7.05 Å². The quantitative estimate of drug-likeness (QED) is 0.313. The maximum atomic E-state index is 8.33. The fourth-order valence-corrected chi connectivity index (χ4v) is 0.443. The van der Waals surface area contributed by atoms with Crippen LogP contribution in [0.1, 0.15) is 0 Å². The van der Waals surface area contributed by atoms with Crippen LogP contribution in [0.5, 0.6) is 0 Å². The molecule has 0 aromatic carbocycles. The van der Waals surface area contributed by atoms with Gasteiger partial charge in [0.1, 0.15) is 18.0 Å². The van der Waals surface area contributed by atoms with Crippen molar-refractivity contribution in [2.24, 2.45) is 0 Å². The Kier molecular flexibility index (Phi) is 3.74. The lowest BCUT2D eigenvalue weighted by Gasteiger charge is -2.00. The first-order valence-electron chi connectivity index (χ1n) is 2.67. The predicted octanol–water partition coefficient (Wildman–Crippen LogP) is -0.465. The van der Waals surface area contributed by atoms with Crippen molar-refractivity contribution >= 4 is 0 Å². The van der Waals surface area contributed by atoms with Gasteiger partial charge in [0.15, 0.2) is 11.8 Å². The van der Waals surface area contributed by atoms with Gasteiger partial charge in [0.25, 0.3) is 0 Å². The fourth-order valence-electron chi connectivity index (χ4n) is 0.443. The summed E-state index contributed by atoms with van der Waals surface area (Å²) in [6, 6.07) is 3.26. The van der Waals surface area contributed by atoms with Crippen molar-refractivity contribution in [1.29, 1.82) is 15.8 Å². The molecule has 0 rings (SSSR count). The van der Waals surface area contributed by atoms with Crippen molar-refractivity contribution in [2.45, 2.75) is 0 Å². The fraction of sp³-hybridized carbons (Fsp3) is 0.167. The van der Waals surface area contributed by atoms with E-state index in [2.05, 4.69) is 10.6 Å². The van der Waals surface area contributed by atoms with E-state index < -0.39 is 0 Å². The van der Waals surface area contributed by atoms with Gasteiger partial charge < -0.3 is 5.32 Å². The summed E-state index contributed by atoms with van der Waals surface area (Å²) in [5.74, 6) is 0.123. The number of hydrogen-bond acceptors (Lipinski definition) is 5. The topological polar surface area (TPSA) is 95.4 Å². The van der Waals surface area contributed by atoms with Gasteiger partial charge in [-0.05, 0) is 0 Å². The van der Waals surface area contributed by atoms with Gasteiger partial charge in [-0.25, -0.2) is 0 Å². The van der Waals surface area contributed by atoms with Crippen LogP contribution in [-0.4, -0.2) is 7.05 Å². The molecular weight excluding hydrogens is 142 g/mol. The summed E-state index contributed by atoms with van der Waals surface area (Å²) in [6.45, 7) is 0. The molecule has 54 valence electrons. The first-order valence-corrected chi connectivity index (χ1v) is 2.67. The Morgan fingerprint density at radius 2 is 1.73 bits per heavy atom. The number of rotatable bonds is 2. The zero-order chi connectivity index (χ0) is 8.69. The molecular formula is C6H5N5. The Bertz CT molecular complexity index is 266. The second-order valence-corrected chi connectivity index (χ2v) is 1.46. The summed E-state index contributed by atoms with van der Waals surface area (Å²) in [5, 5.41) is 29.5. The lowest BCUT2D eigenvalue weighted by Crippen LogP contribution is -2.20. The van der Waals surface area contributed by atoms with E-state index in [4.69, 9.17) is 15.8 Å². The molecule has 0 bridgehead atoms. The minimum absolute atomic E-state index is 0.123. The normalized spacial score (nSPS) is 6.36. The van der Waals surface area contributed by atoms with Crippen molar-refractivity contribution < 1.29 is 0 Å². The molecule has 0 aliphatic carbocycles. The molecule has 0 aromatic rings.